The second-order valence-electron chi connectivity index (χ2n) is 4.53. The number of nitrogens with one attached hydrogen (secondary N) is 2. The van der Waals surface area contributed by atoms with E-state index in [-0.39, 0.29) is 18.0 Å². The van der Waals surface area contributed by atoms with Crippen LogP contribution in [-0.4, -0.2) is 24.6 Å². The van der Waals surface area contributed by atoms with E-state index < -0.39 is 0 Å². The SMILES string of the molecule is CCOC(=O)c1cccc(NC(=O)NC2CCC2)c1. The molecule has 0 bridgehead atoms. The Balaban J connectivity index is 1.94. The summed E-state index contributed by atoms with van der Waals surface area (Å²) in [5.41, 5.74) is 1.02. The molecule has 102 valence electrons. The van der Waals surface area contributed by atoms with Crippen molar-refractivity contribution in [3.8, 4) is 0 Å². The molecule has 0 atom stereocenters. The Kier molecular flexibility index (Phi) is 4.39. The standard InChI is InChI=1S/C14H18N2O3/c1-2-19-13(17)10-5-3-8-12(9-10)16-14(18)15-11-6-4-7-11/h3,5,8-9,11H,2,4,6-7H2,1H3,(H2,15,16,18). The van der Waals surface area contributed by atoms with Gasteiger partial charge in [-0.15, -0.1) is 0 Å². The van der Waals surface area contributed by atoms with Crippen molar-refractivity contribution in [1.29, 1.82) is 0 Å². The molecule has 0 heterocycles. The van der Waals surface area contributed by atoms with Crippen molar-refractivity contribution in [2.45, 2.75) is 32.2 Å². The van der Waals surface area contributed by atoms with Crippen molar-refractivity contribution < 1.29 is 14.3 Å². The van der Waals surface area contributed by atoms with Gasteiger partial charge in [-0.05, 0) is 44.4 Å². The van der Waals surface area contributed by atoms with Crippen molar-refractivity contribution >= 4 is 17.7 Å². The lowest BCUT2D eigenvalue weighted by atomic mass is 9.93. The summed E-state index contributed by atoms with van der Waals surface area (Å²) in [7, 11) is 0. The van der Waals surface area contributed by atoms with E-state index in [4.69, 9.17) is 4.74 Å². The number of carbonyl (C=O) groups excluding carboxylic acids is 2. The van der Waals surface area contributed by atoms with Gasteiger partial charge in [-0.25, -0.2) is 9.59 Å². The van der Waals surface area contributed by atoms with Crippen LogP contribution in [0.15, 0.2) is 24.3 Å². The average Bonchev–Trinajstić information content (AvgIpc) is 2.34. The molecule has 1 fully saturated rings. The van der Waals surface area contributed by atoms with Gasteiger partial charge in [-0.1, -0.05) is 6.07 Å². The first-order valence-corrected chi connectivity index (χ1v) is 6.53. The zero-order valence-corrected chi connectivity index (χ0v) is 10.9. The van der Waals surface area contributed by atoms with Crippen LogP contribution < -0.4 is 10.6 Å². The molecule has 0 spiro atoms. The van der Waals surface area contributed by atoms with Crippen LogP contribution in [0.3, 0.4) is 0 Å². The molecule has 5 nitrogen and oxygen atoms in total. The highest BCUT2D eigenvalue weighted by molar-refractivity contribution is 5.94. The van der Waals surface area contributed by atoms with Gasteiger partial charge < -0.3 is 15.4 Å². The van der Waals surface area contributed by atoms with Crippen LogP contribution in [0.5, 0.6) is 0 Å². The number of rotatable bonds is 4. The number of anilines is 1. The van der Waals surface area contributed by atoms with Crippen LogP contribution in [0.4, 0.5) is 10.5 Å². The number of carbonyl (C=O) groups is 2. The third-order valence-corrected chi connectivity index (χ3v) is 3.07. The normalized spacial score (nSPS) is 14.4. The summed E-state index contributed by atoms with van der Waals surface area (Å²) in [6.07, 6.45) is 3.25. The molecule has 0 saturated heterocycles. The van der Waals surface area contributed by atoms with E-state index in [0.717, 1.165) is 12.8 Å². The minimum Gasteiger partial charge on any atom is -0.462 e. The van der Waals surface area contributed by atoms with Gasteiger partial charge in [-0.3, -0.25) is 0 Å². The first kappa shape index (κ1) is 13.4. The molecule has 0 aliphatic heterocycles. The molecule has 0 radical (unpaired) electrons. The van der Waals surface area contributed by atoms with Crippen molar-refractivity contribution in [2.24, 2.45) is 0 Å². The molecule has 2 rings (SSSR count). The number of benzene rings is 1. The number of hydrogen-bond donors (Lipinski definition) is 2. The van der Waals surface area contributed by atoms with E-state index in [1.54, 1.807) is 31.2 Å². The van der Waals surface area contributed by atoms with Crippen molar-refractivity contribution in [2.75, 3.05) is 11.9 Å². The van der Waals surface area contributed by atoms with Crippen LogP contribution in [0.25, 0.3) is 0 Å². The highest BCUT2D eigenvalue weighted by atomic mass is 16.5. The van der Waals surface area contributed by atoms with Crippen molar-refractivity contribution in [3.63, 3.8) is 0 Å². The van der Waals surface area contributed by atoms with Gasteiger partial charge in [0.05, 0.1) is 12.2 Å². The van der Waals surface area contributed by atoms with Crippen molar-refractivity contribution in [3.05, 3.63) is 29.8 Å². The molecular weight excluding hydrogens is 244 g/mol. The van der Waals surface area contributed by atoms with Gasteiger partial charge in [0, 0.05) is 11.7 Å². The first-order chi connectivity index (χ1) is 9.19. The summed E-state index contributed by atoms with van der Waals surface area (Å²) < 4.78 is 4.91. The van der Waals surface area contributed by atoms with Gasteiger partial charge in [0.15, 0.2) is 0 Å². The molecule has 1 saturated carbocycles. The Morgan fingerprint density at radius 1 is 1.37 bits per heavy atom. The Labute approximate surface area is 112 Å². The fraction of sp³-hybridized carbons (Fsp3) is 0.429. The maximum atomic E-state index is 11.7. The van der Waals surface area contributed by atoms with E-state index in [1.165, 1.54) is 6.42 Å². The largest absolute Gasteiger partial charge is 0.462 e. The average molecular weight is 262 g/mol. The first-order valence-electron chi connectivity index (χ1n) is 6.53. The third kappa shape index (κ3) is 3.71. The van der Waals surface area contributed by atoms with Crippen molar-refractivity contribution in [1.82, 2.24) is 5.32 Å². The summed E-state index contributed by atoms with van der Waals surface area (Å²) in [4.78, 5) is 23.2. The Bertz CT molecular complexity index is 470. The quantitative estimate of drug-likeness (QED) is 0.819. The van der Waals surface area contributed by atoms with Gasteiger partial charge in [0.1, 0.15) is 0 Å². The Morgan fingerprint density at radius 3 is 2.79 bits per heavy atom. The predicted octanol–water partition coefficient (Wildman–Crippen LogP) is 2.54. The lowest BCUT2D eigenvalue weighted by molar-refractivity contribution is 0.0526. The van der Waals surface area contributed by atoms with E-state index >= 15 is 0 Å². The predicted molar refractivity (Wildman–Crippen MR) is 72.2 cm³/mol. The second kappa shape index (κ2) is 6.22. The van der Waals surface area contributed by atoms with Gasteiger partial charge in [0.2, 0.25) is 0 Å². The molecule has 1 aliphatic carbocycles. The number of esters is 1. The molecule has 0 aromatic heterocycles. The monoisotopic (exact) mass is 262 g/mol. The third-order valence-electron chi connectivity index (χ3n) is 3.07. The highest BCUT2D eigenvalue weighted by Gasteiger charge is 2.19. The van der Waals surface area contributed by atoms with Gasteiger partial charge in [0.25, 0.3) is 0 Å². The maximum Gasteiger partial charge on any atom is 0.338 e. The topological polar surface area (TPSA) is 67.4 Å². The zero-order chi connectivity index (χ0) is 13.7. The lowest BCUT2D eigenvalue weighted by Gasteiger charge is -2.26. The number of hydrogen-bond acceptors (Lipinski definition) is 3. The molecule has 19 heavy (non-hydrogen) atoms. The number of amides is 2. The fourth-order valence-corrected chi connectivity index (χ4v) is 1.84. The summed E-state index contributed by atoms with van der Waals surface area (Å²) in [5.74, 6) is -0.384. The van der Waals surface area contributed by atoms with Crippen LogP contribution >= 0.6 is 0 Å². The lowest BCUT2D eigenvalue weighted by Crippen LogP contribution is -2.41. The molecule has 5 heteroatoms. The van der Waals surface area contributed by atoms with Gasteiger partial charge in [-0.2, -0.15) is 0 Å². The minimum absolute atomic E-state index is 0.231. The zero-order valence-electron chi connectivity index (χ0n) is 10.9. The summed E-state index contributed by atoms with van der Waals surface area (Å²) in [5, 5.41) is 5.59. The molecule has 1 aromatic rings. The van der Waals surface area contributed by atoms with E-state index in [1.807, 2.05) is 0 Å². The second-order valence-corrected chi connectivity index (χ2v) is 4.53. The van der Waals surface area contributed by atoms with E-state index in [0.29, 0.717) is 17.9 Å². The number of ether oxygens (including phenoxy) is 1. The molecule has 1 aromatic carbocycles. The summed E-state index contributed by atoms with van der Waals surface area (Å²) >= 11 is 0. The number of urea groups is 1. The highest BCUT2D eigenvalue weighted by Crippen LogP contribution is 2.18. The maximum absolute atomic E-state index is 11.7. The summed E-state index contributed by atoms with van der Waals surface area (Å²) in [6.45, 7) is 2.09. The molecule has 0 unspecified atom stereocenters. The summed E-state index contributed by atoms with van der Waals surface area (Å²) in [6, 6.07) is 6.78. The van der Waals surface area contributed by atoms with E-state index in [2.05, 4.69) is 10.6 Å². The van der Waals surface area contributed by atoms with Gasteiger partial charge >= 0.3 is 12.0 Å². The Hall–Kier alpha value is -2.04. The van der Waals surface area contributed by atoms with Crippen LogP contribution in [0.1, 0.15) is 36.5 Å². The van der Waals surface area contributed by atoms with Crippen LogP contribution in [-0.2, 0) is 4.74 Å². The fourth-order valence-electron chi connectivity index (χ4n) is 1.84. The molecular formula is C14H18N2O3. The molecule has 2 amide bonds. The Morgan fingerprint density at radius 2 is 2.16 bits per heavy atom. The molecule has 1 aliphatic rings. The molecule has 2 N–H and O–H groups in total. The van der Waals surface area contributed by atoms with Crippen LogP contribution in [0, 0.1) is 0 Å². The van der Waals surface area contributed by atoms with Crippen LogP contribution in [0.2, 0.25) is 0 Å². The minimum atomic E-state index is -0.384. The smallest absolute Gasteiger partial charge is 0.338 e. The van der Waals surface area contributed by atoms with E-state index in [9.17, 15) is 9.59 Å².